The fourth-order valence-electron chi connectivity index (χ4n) is 8.36. The summed E-state index contributed by atoms with van der Waals surface area (Å²) in [4.78, 5) is 7.17. The number of fused-ring (bicyclic) bond motifs is 6. The summed E-state index contributed by atoms with van der Waals surface area (Å²) in [5, 5.41) is 5.02. The second kappa shape index (κ2) is 15.0. The summed E-state index contributed by atoms with van der Waals surface area (Å²) in [6.07, 6.45) is 0. The number of hydrogen-bond acceptors (Lipinski definition) is 5. The maximum absolute atomic E-state index is 2.42. The van der Waals surface area contributed by atoms with Crippen molar-refractivity contribution in [2.45, 2.75) is 0 Å². The van der Waals surface area contributed by atoms with E-state index >= 15 is 0 Å². The molecule has 0 atom stereocenters. The number of anilines is 9. The SMILES string of the molecule is c1ccc(N(c2ccccc2)c2ccc3c(c2)sc2ccc(N(c4ccccc4)c4cc(N(c5ccccc5)c5ccccc5)c5c(c4)sc4ccccc45)cc23)cc1. The molecular weight excluding hydrogens is 755 g/mol. The van der Waals surface area contributed by atoms with Crippen molar-refractivity contribution >= 4 is 114 Å². The van der Waals surface area contributed by atoms with Crippen molar-refractivity contribution in [1.82, 2.24) is 0 Å². The Morgan fingerprint density at radius 1 is 0.237 bits per heavy atom. The Labute approximate surface area is 351 Å². The molecule has 0 aliphatic rings. The molecule has 2 aromatic heterocycles. The Morgan fingerprint density at radius 3 is 1.24 bits per heavy atom. The highest BCUT2D eigenvalue weighted by atomic mass is 32.1. The average Bonchev–Trinajstić information content (AvgIpc) is 3.86. The zero-order valence-corrected chi connectivity index (χ0v) is 33.7. The lowest BCUT2D eigenvalue weighted by Gasteiger charge is -2.30. The van der Waals surface area contributed by atoms with E-state index in [0.717, 1.165) is 51.2 Å². The quantitative estimate of drug-likeness (QED) is 0.144. The maximum Gasteiger partial charge on any atom is 0.0575 e. The maximum atomic E-state index is 2.42. The Hall–Kier alpha value is -7.18. The third-order valence-corrected chi connectivity index (χ3v) is 13.2. The predicted molar refractivity (Wildman–Crippen MR) is 256 cm³/mol. The second-order valence-corrected chi connectivity index (χ2v) is 16.8. The molecule has 0 saturated carbocycles. The number of nitrogens with zero attached hydrogens (tertiary/aromatic N) is 3. The first-order chi connectivity index (χ1) is 29.3. The first-order valence-corrected chi connectivity index (χ1v) is 21.5. The molecule has 0 fully saturated rings. The Kier molecular flexibility index (Phi) is 8.88. The predicted octanol–water partition coefficient (Wildman–Crippen LogP) is 16.8. The Balaban J connectivity index is 1.10. The van der Waals surface area contributed by atoms with Crippen LogP contribution >= 0.6 is 22.7 Å². The molecule has 59 heavy (non-hydrogen) atoms. The Morgan fingerprint density at radius 2 is 0.661 bits per heavy atom. The largest absolute Gasteiger partial charge is 0.310 e. The van der Waals surface area contributed by atoms with Crippen molar-refractivity contribution in [3.05, 3.63) is 224 Å². The normalized spacial score (nSPS) is 11.4. The lowest BCUT2D eigenvalue weighted by Crippen LogP contribution is -2.13. The molecule has 2 heterocycles. The molecule has 0 bridgehead atoms. The molecule has 9 aromatic carbocycles. The topological polar surface area (TPSA) is 9.72 Å². The highest BCUT2D eigenvalue weighted by molar-refractivity contribution is 7.26. The van der Waals surface area contributed by atoms with Gasteiger partial charge in [-0.2, -0.15) is 0 Å². The van der Waals surface area contributed by atoms with Crippen molar-refractivity contribution in [2.75, 3.05) is 14.7 Å². The molecule has 0 unspecified atom stereocenters. The van der Waals surface area contributed by atoms with Gasteiger partial charge in [-0.15, -0.1) is 22.7 Å². The van der Waals surface area contributed by atoms with Gasteiger partial charge in [0.1, 0.15) is 0 Å². The van der Waals surface area contributed by atoms with Gasteiger partial charge in [0, 0.05) is 85.8 Å². The summed E-state index contributed by atoms with van der Waals surface area (Å²) in [6, 6.07) is 81.0. The number of para-hydroxylation sites is 5. The van der Waals surface area contributed by atoms with E-state index in [-0.39, 0.29) is 0 Å². The van der Waals surface area contributed by atoms with E-state index in [2.05, 4.69) is 239 Å². The molecule has 3 nitrogen and oxygen atoms in total. The molecule has 11 aromatic rings. The molecule has 0 aliphatic carbocycles. The third kappa shape index (κ3) is 6.38. The van der Waals surface area contributed by atoms with Crippen molar-refractivity contribution < 1.29 is 0 Å². The minimum Gasteiger partial charge on any atom is -0.310 e. The van der Waals surface area contributed by atoms with Gasteiger partial charge >= 0.3 is 0 Å². The zero-order valence-electron chi connectivity index (χ0n) is 32.0. The van der Waals surface area contributed by atoms with E-state index in [1.165, 1.54) is 40.3 Å². The van der Waals surface area contributed by atoms with Gasteiger partial charge in [-0.3, -0.25) is 0 Å². The van der Waals surface area contributed by atoms with Crippen LogP contribution in [0, 0.1) is 0 Å². The highest BCUT2D eigenvalue weighted by Crippen LogP contribution is 2.50. The summed E-state index contributed by atoms with van der Waals surface area (Å²) in [7, 11) is 0. The van der Waals surface area contributed by atoms with Gasteiger partial charge in [-0.05, 0) is 109 Å². The summed E-state index contributed by atoms with van der Waals surface area (Å²) in [6.45, 7) is 0. The smallest absolute Gasteiger partial charge is 0.0575 e. The number of benzene rings is 9. The molecule has 5 heteroatoms. The van der Waals surface area contributed by atoms with Crippen LogP contribution in [-0.4, -0.2) is 0 Å². The van der Waals surface area contributed by atoms with E-state index in [1.54, 1.807) is 0 Å². The summed E-state index contributed by atoms with van der Waals surface area (Å²) in [5.41, 5.74) is 10.1. The second-order valence-electron chi connectivity index (χ2n) is 14.6. The van der Waals surface area contributed by atoms with Gasteiger partial charge in [-0.25, -0.2) is 0 Å². The van der Waals surface area contributed by atoms with Crippen LogP contribution < -0.4 is 14.7 Å². The van der Waals surface area contributed by atoms with Crippen molar-refractivity contribution in [2.24, 2.45) is 0 Å². The van der Waals surface area contributed by atoms with Crippen LogP contribution in [0.1, 0.15) is 0 Å². The molecule has 0 amide bonds. The summed E-state index contributed by atoms with van der Waals surface area (Å²) < 4.78 is 5.04. The van der Waals surface area contributed by atoms with E-state index < -0.39 is 0 Å². The van der Waals surface area contributed by atoms with Gasteiger partial charge in [0.05, 0.1) is 5.69 Å². The molecule has 0 radical (unpaired) electrons. The van der Waals surface area contributed by atoms with Crippen LogP contribution in [0.3, 0.4) is 0 Å². The number of thiophene rings is 2. The number of rotatable bonds is 9. The molecule has 0 spiro atoms. The number of hydrogen-bond donors (Lipinski definition) is 0. The van der Waals surface area contributed by atoms with Crippen molar-refractivity contribution in [3.63, 3.8) is 0 Å². The highest BCUT2D eigenvalue weighted by Gasteiger charge is 2.23. The fourth-order valence-corrected chi connectivity index (χ4v) is 10.6. The monoisotopic (exact) mass is 791 g/mol. The van der Waals surface area contributed by atoms with Crippen LogP contribution in [-0.2, 0) is 0 Å². The van der Waals surface area contributed by atoms with Crippen LogP contribution in [0.5, 0.6) is 0 Å². The molecule has 280 valence electrons. The van der Waals surface area contributed by atoms with Crippen LogP contribution in [0.2, 0.25) is 0 Å². The molecule has 0 aliphatic heterocycles. The summed E-state index contributed by atoms with van der Waals surface area (Å²) in [5.74, 6) is 0. The van der Waals surface area contributed by atoms with E-state index in [0.29, 0.717) is 0 Å². The molecule has 0 N–H and O–H groups in total. The molecule has 11 rings (SSSR count). The van der Waals surface area contributed by atoms with Gasteiger partial charge < -0.3 is 14.7 Å². The molecule has 0 saturated heterocycles. The van der Waals surface area contributed by atoms with Gasteiger partial charge in [-0.1, -0.05) is 115 Å². The van der Waals surface area contributed by atoms with E-state index in [1.807, 2.05) is 22.7 Å². The minimum atomic E-state index is 1.10. The third-order valence-electron chi connectivity index (χ3n) is 11.0. The van der Waals surface area contributed by atoms with E-state index in [9.17, 15) is 0 Å². The van der Waals surface area contributed by atoms with Crippen LogP contribution in [0.15, 0.2) is 224 Å². The van der Waals surface area contributed by atoms with Crippen molar-refractivity contribution in [3.8, 4) is 0 Å². The average molecular weight is 792 g/mol. The van der Waals surface area contributed by atoms with Crippen LogP contribution in [0.4, 0.5) is 51.2 Å². The van der Waals surface area contributed by atoms with Crippen molar-refractivity contribution in [1.29, 1.82) is 0 Å². The first-order valence-electron chi connectivity index (χ1n) is 19.8. The first kappa shape index (κ1) is 35.0. The lowest BCUT2D eigenvalue weighted by molar-refractivity contribution is 1.27. The van der Waals surface area contributed by atoms with Gasteiger partial charge in [0.15, 0.2) is 0 Å². The zero-order chi connectivity index (χ0) is 39.1. The fraction of sp³-hybridized carbons (Fsp3) is 0. The van der Waals surface area contributed by atoms with Gasteiger partial charge in [0.25, 0.3) is 0 Å². The standard InChI is InChI=1S/C54H37N3S2/c1-6-18-38(19-7-1)55(39-20-8-2-9-21-39)44-30-32-46-48-34-43(31-33-51(48)58-52(46)36-44)56(40-22-10-3-11-23-40)45-35-49(54-47-28-16-17-29-50(47)59-53(54)37-45)57(41-24-12-4-13-25-41)42-26-14-5-15-27-42/h1-37H. The van der Waals surface area contributed by atoms with Gasteiger partial charge in [0.2, 0.25) is 0 Å². The Bertz CT molecular complexity index is 3140. The van der Waals surface area contributed by atoms with E-state index in [4.69, 9.17) is 0 Å². The minimum absolute atomic E-state index is 1.10. The van der Waals surface area contributed by atoms with Crippen LogP contribution in [0.25, 0.3) is 40.3 Å². The summed E-state index contributed by atoms with van der Waals surface area (Å²) >= 11 is 3.71. The molecular formula is C54H37N3S2. The lowest BCUT2D eigenvalue weighted by atomic mass is 10.1.